The van der Waals surface area contributed by atoms with Crippen LogP contribution in [0.4, 0.5) is 11.6 Å². The second-order valence-corrected chi connectivity index (χ2v) is 6.21. The van der Waals surface area contributed by atoms with Gasteiger partial charge >= 0.3 is 0 Å². The molecule has 0 bridgehead atoms. The smallest absolute Gasteiger partial charge is 0.276 e. The molecule has 0 saturated heterocycles. The second kappa shape index (κ2) is 8.45. The molecular weight excluding hydrogens is 348 g/mol. The molecule has 1 aromatic heterocycles. The third-order valence-corrected chi connectivity index (χ3v) is 4.14. The van der Waals surface area contributed by atoms with Crippen LogP contribution in [0.5, 0.6) is 0 Å². The van der Waals surface area contributed by atoms with Crippen LogP contribution in [-0.4, -0.2) is 29.5 Å². The molecule has 0 aliphatic rings. The number of halogens is 1. The lowest BCUT2D eigenvalue weighted by Gasteiger charge is -2.17. The molecular formula is C20H19ClN4O. The number of aromatic nitrogens is 2. The van der Waals surface area contributed by atoms with Gasteiger partial charge in [-0.05, 0) is 42.3 Å². The summed E-state index contributed by atoms with van der Waals surface area (Å²) in [5.41, 5.74) is 2.28. The molecule has 0 saturated carbocycles. The van der Waals surface area contributed by atoms with E-state index in [9.17, 15) is 4.79 Å². The van der Waals surface area contributed by atoms with Crippen molar-refractivity contribution in [2.75, 3.05) is 23.8 Å². The molecule has 5 nitrogen and oxygen atoms in total. The summed E-state index contributed by atoms with van der Waals surface area (Å²) in [6.45, 7) is 0.645. The average molecular weight is 367 g/mol. The van der Waals surface area contributed by atoms with Crippen molar-refractivity contribution >= 4 is 29.1 Å². The van der Waals surface area contributed by atoms with Gasteiger partial charge < -0.3 is 10.2 Å². The van der Waals surface area contributed by atoms with Crippen molar-refractivity contribution in [3.05, 3.63) is 83.1 Å². The van der Waals surface area contributed by atoms with E-state index >= 15 is 0 Å². The largest absolute Gasteiger partial charge is 0.354 e. The van der Waals surface area contributed by atoms with Crippen LogP contribution in [0.3, 0.4) is 0 Å². The summed E-state index contributed by atoms with van der Waals surface area (Å²) in [6, 6.07) is 18.8. The molecule has 1 heterocycles. The van der Waals surface area contributed by atoms with Crippen molar-refractivity contribution in [3.8, 4) is 0 Å². The number of benzene rings is 2. The fourth-order valence-corrected chi connectivity index (χ4v) is 2.73. The van der Waals surface area contributed by atoms with Crippen molar-refractivity contribution in [2.24, 2.45) is 0 Å². The molecule has 0 atom stereocenters. The van der Waals surface area contributed by atoms with Crippen LogP contribution in [0.1, 0.15) is 16.1 Å². The minimum absolute atomic E-state index is 0.184. The maximum absolute atomic E-state index is 12.6. The summed E-state index contributed by atoms with van der Waals surface area (Å²) < 4.78 is 0. The zero-order chi connectivity index (χ0) is 18.4. The van der Waals surface area contributed by atoms with Crippen molar-refractivity contribution in [1.29, 1.82) is 0 Å². The Bertz CT molecular complexity index is 886. The van der Waals surface area contributed by atoms with Gasteiger partial charge in [0.05, 0.1) is 0 Å². The number of hydrogen-bond donors (Lipinski definition) is 1. The molecule has 0 spiro atoms. The first-order chi connectivity index (χ1) is 12.6. The molecule has 6 heteroatoms. The van der Waals surface area contributed by atoms with Crippen LogP contribution < -0.4 is 10.2 Å². The number of rotatable bonds is 6. The number of carbonyl (C=O) groups is 1. The molecule has 1 N–H and O–H groups in total. The van der Waals surface area contributed by atoms with Gasteiger partial charge in [-0.1, -0.05) is 41.9 Å². The molecule has 0 radical (unpaired) electrons. The summed E-state index contributed by atoms with van der Waals surface area (Å²) in [6.07, 6.45) is 2.37. The molecule has 0 aliphatic carbocycles. The molecule has 132 valence electrons. The summed E-state index contributed by atoms with van der Waals surface area (Å²) >= 11 is 5.99. The Morgan fingerprint density at radius 2 is 1.92 bits per heavy atom. The van der Waals surface area contributed by atoms with E-state index in [0.29, 0.717) is 18.2 Å². The quantitative estimate of drug-likeness (QED) is 0.714. The standard InChI is InChI=1S/C20H19ClN4O/c1-25(17-8-3-2-4-9-17)19(26)18-11-13-23-20(24-18)22-12-10-15-6-5-7-16(21)14-15/h2-9,11,13-14H,10,12H2,1H3,(H,22,23,24). The van der Waals surface area contributed by atoms with E-state index in [-0.39, 0.29) is 5.91 Å². The van der Waals surface area contributed by atoms with E-state index < -0.39 is 0 Å². The highest BCUT2D eigenvalue weighted by Gasteiger charge is 2.15. The fraction of sp³-hybridized carbons (Fsp3) is 0.150. The third-order valence-electron chi connectivity index (χ3n) is 3.91. The maximum atomic E-state index is 12.6. The van der Waals surface area contributed by atoms with E-state index in [0.717, 1.165) is 22.7 Å². The summed E-state index contributed by atoms with van der Waals surface area (Å²) in [5.74, 6) is 0.246. The Balaban J connectivity index is 1.63. The lowest BCUT2D eigenvalue weighted by molar-refractivity contribution is 0.0988. The fourth-order valence-electron chi connectivity index (χ4n) is 2.51. The summed E-state index contributed by atoms with van der Waals surface area (Å²) in [4.78, 5) is 22.7. The Hall–Kier alpha value is -2.92. The molecule has 3 aromatic rings. The van der Waals surface area contributed by atoms with Gasteiger partial charge in [0.15, 0.2) is 0 Å². The monoisotopic (exact) mass is 366 g/mol. The molecule has 0 aliphatic heterocycles. The summed E-state index contributed by atoms with van der Waals surface area (Å²) in [5, 5.41) is 3.87. The van der Waals surface area contributed by atoms with Gasteiger partial charge in [-0.25, -0.2) is 9.97 Å². The normalized spacial score (nSPS) is 10.4. The lowest BCUT2D eigenvalue weighted by Crippen LogP contribution is -2.27. The van der Waals surface area contributed by atoms with Crippen molar-refractivity contribution < 1.29 is 4.79 Å². The van der Waals surface area contributed by atoms with Crippen LogP contribution in [-0.2, 0) is 6.42 Å². The number of anilines is 2. The van der Waals surface area contributed by atoms with Crippen LogP contribution in [0.15, 0.2) is 66.9 Å². The van der Waals surface area contributed by atoms with E-state index in [4.69, 9.17) is 11.6 Å². The highest BCUT2D eigenvalue weighted by Crippen LogP contribution is 2.15. The highest BCUT2D eigenvalue weighted by atomic mass is 35.5. The molecule has 0 fully saturated rings. The zero-order valence-corrected chi connectivity index (χ0v) is 15.1. The molecule has 26 heavy (non-hydrogen) atoms. The van der Waals surface area contributed by atoms with E-state index in [1.165, 1.54) is 0 Å². The predicted octanol–water partition coefficient (Wildman–Crippen LogP) is 4.06. The van der Waals surface area contributed by atoms with Gasteiger partial charge in [-0.15, -0.1) is 0 Å². The number of carbonyl (C=O) groups excluding carboxylic acids is 1. The Kier molecular flexibility index (Phi) is 5.81. The molecule has 2 aromatic carbocycles. The number of nitrogens with one attached hydrogen (secondary N) is 1. The number of hydrogen-bond acceptors (Lipinski definition) is 4. The van der Waals surface area contributed by atoms with Crippen LogP contribution in [0, 0.1) is 0 Å². The van der Waals surface area contributed by atoms with Gasteiger partial charge in [0.1, 0.15) is 5.69 Å². The Labute approximate surface area is 157 Å². The number of amides is 1. The highest BCUT2D eigenvalue weighted by molar-refractivity contribution is 6.30. The SMILES string of the molecule is CN(C(=O)c1ccnc(NCCc2cccc(Cl)c2)n1)c1ccccc1. The van der Waals surface area contributed by atoms with Gasteiger partial charge in [-0.3, -0.25) is 4.79 Å². The van der Waals surface area contributed by atoms with Crippen molar-refractivity contribution in [1.82, 2.24) is 9.97 Å². The molecule has 1 amide bonds. The first-order valence-electron chi connectivity index (χ1n) is 8.28. The Morgan fingerprint density at radius 3 is 2.69 bits per heavy atom. The molecule has 3 rings (SSSR count). The zero-order valence-electron chi connectivity index (χ0n) is 14.4. The van der Waals surface area contributed by atoms with Gasteiger partial charge in [0, 0.05) is 30.5 Å². The Morgan fingerprint density at radius 1 is 1.12 bits per heavy atom. The predicted molar refractivity (Wildman–Crippen MR) is 105 cm³/mol. The first kappa shape index (κ1) is 17.9. The summed E-state index contributed by atoms with van der Waals surface area (Å²) in [7, 11) is 1.73. The maximum Gasteiger partial charge on any atom is 0.276 e. The number of nitrogens with zero attached hydrogens (tertiary/aromatic N) is 3. The van der Waals surface area contributed by atoms with E-state index in [1.807, 2.05) is 54.6 Å². The van der Waals surface area contributed by atoms with Crippen LogP contribution in [0.25, 0.3) is 0 Å². The van der Waals surface area contributed by atoms with Gasteiger partial charge in [0.25, 0.3) is 5.91 Å². The third kappa shape index (κ3) is 4.58. The second-order valence-electron chi connectivity index (χ2n) is 5.77. The van der Waals surface area contributed by atoms with Crippen molar-refractivity contribution in [3.63, 3.8) is 0 Å². The number of para-hydroxylation sites is 1. The van der Waals surface area contributed by atoms with Crippen molar-refractivity contribution in [2.45, 2.75) is 6.42 Å². The van der Waals surface area contributed by atoms with Crippen LogP contribution >= 0.6 is 11.6 Å². The van der Waals surface area contributed by atoms with E-state index in [1.54, 1.807) is 24.2 Å². The topological polar surface area (TPSA) is 58.1 Å². The van der Waals surface area contributed by atoms with Crippen LogP contribution in [0.2, 0.25) is 5.02 Å². The average Bonchev–Trinajstić information content (AvgIpc) is 2.68. The minimum atomic E-state index is -0.184. The van der Waals surface area contributed by atoms with Gasteiger partial charge in [-0.2, -0.15) is 0 Å². The molecule has 0 unspecified atom stereocenters. The first-order valence-corrected chi connectivity index (χ1v) is 8.66. The minimum Gasteiger partial charge on any atom is -0.354 e. The van der Waals surface area contributed by atoms with Gasteiger partial charge in [0.2, 0.25) is 5.95 Å². The lowest BCUT2D eigenvalue weighted by atomic mass is 10.1. The van der Waals surface area contributed by atoms with E-state index in [2.05, 4.69) is 15.3 Å².